The van der Waals surface area contributed by atoms with Crippen LogP contribution < -0.4 is 16.2 Å². The van der Waals surface area contributed by atoms with E-state index in [1.165, 1.54) is 24.3 Å². The van der Waals surface area contributed by atoms with Gasteiger partial charge in [-0.3, -0.25) is 15.6 Å². The Morgan fingerprint density at radius 3 is 2.29 bits per heavy atom. The zero-order valence-corrected chi connectivity index (χ0v) is 15.0. The van der Waals surface area contributed by atoms with Crippen LogP contribution in [0.1, 0.15) is 15.9 Å². The molecule has 0 atom stereocenters. The maximum Gasteiger partial charge on any atom is 0.416 e. The second kappa shape index (κ2) is 7.73. The number of hydrogen-bond acceptors (Lipinski definition) is 3. The maximum absolute atomic E-state index is 12.7. The van der Waals surface area contributed by atoms with Crippen molar-refractivity contribution < 1.29 is 23.1 Å². The summed E-state index contributed by atoms with van der Waals surface area (Å²) in [6.45, 7) is 0. The van der Waals surface area contributed by atoms with E-state index in [1.54, 1.807) is 24.3 Å². The van der Waals surface area contributed by atoms with Crippen LogP contribution in [0.4, 0.5) is 18.9 Å². The summed E-state index contributed by atoms with van der Waals surface area (Å²) >= 11 is 4.97. The van der Waals surface area contributed by atoms with Crippen LogP contribution in [-0.4, -0.2) is 16.1 Å². The van der Waals surface area contributed by atoms with Gasteiger partial charge in [0.1, 0.15) is 5.75 Å². The Hall–Kier alpha value is -3.33. The fourth-order valence-corrected chi connectivity index (χ4v) is 2.70. The highest BCUT2D eigenvalue weighted by Crippen LogP contribution is 2.30. The molecule has 0 aliphatic carbocycles. The molecule has 0 fully saturated rings. The topological polar surface area (TPSA) is 73.4 Å². The average molecular weight is 405 g/mol. The van der Waals surface area contributed by atoms with Crippen LogP contribution in [0.5, 0.6) is 5.75 Å². The number of amides is 1. The molecule has 3 aromatic carbocycles. The first-order valence-corrected chi connectivity index (χ1v) is 8.41. The molecule has 144 valence electrons. The number of carbonyl (C=O) groups excluding carboxylic acids is 1. The van der Waals surface area contributed by atoms with E-state index in [1.807, 2.05) is 0 Å². The van der Waals surface area contributed by atoms with Gasteiger partial charge >= 0.3 is 6.18 Å². The number of rotatable bonds is 2. The lowest BCUT2D eigenvalue weighted by molar-refractivity contribution is -0.137. The second-order valence-electron chi connectivity index (χ2n) is 5.83. The van der Waals surface area contributed by atoms with Crippen LogP contribution >= 0.6 is 12.2 Å². The Labute approximate surface area is 163 Å². The summed E-state index contributed by atoms with van der Waals surface area (Å²) in [6, 6.07) is 14.6. The highest BCUT2D eigenvalue weighted by Gasteiger charge is 2.30. The number of hydrazine groups is 1. The zero-order valence-electron chi connectivity index (χ0n) is 14.2. The smallest absolute Gasteiger partial charge is 0.416 e. The van der Waals surface area contributed by atoms with Gasteiger partial charge in [-0.15, -0.1) is 0 Å². The second-order valence-corrected chi connectivity index (χ2v) is 6.24. The molecular weight excluding hydrogens is 391 g/mol. The fourth-order valence-electron chi connectivity index (χ4n) is 2.53. The van der Waals surface area contributed by atoms with Crippen molar-refractivity contribution in [3.8, 4) is 5.75 Å². The Kier molecular flexibility index (Phi) is 5.36. The van der Waals surface area contributed by atoms with Gasteiger partial charge in [0.15, 0.2) is 5.11 Å². The van der Waals surface area contributed by atoms with Crippen LogP contribution in [0.3, 0.4) is 0 Å². The van der Waals surface area contributed by atoms with Crippen molar-refractivity contribution >= 4 is 39.7 Å². The monoisotopic (exact) mass is 405 g/mol. The molecule has 0 aliphatic rings. The molecule has 0 aromatic heterocycles. The Bertz CT molecular complexity index is 1050. The molecule has 0 spiro atoms. The van der Waals surface area contributed by atoms with E-state index in [0.29, 0.717) is 0 Å². The summed E-state index contributed by atoms with van der Waals surface area (Å²) in [5, 5.41) is 14.0. The van der Waals surface area contributed by atoms with Crippen LogP contribution in [0.15, 0.2) is 60.7 Å². The van der Waals surface area contributed by atoms with Crippen molar-refractivity contribution in [3.05, 3.63) is 71.8 Å². The number of phenols is 1. The Morgan fingerprint density at radius 2 is 1.61 bits per heavy atom. The summed E-state index contributed by atoms with van der Waals surface area (Å²) in [5.74, 6) is -0.869. The number of aromatic hydroxyl groups is 1. The Morgan fingerprint density at radius 1 is 0.929 bits per heavy atom. The lowest BCUT2D eigenvalue weighted by atomic mass is 10.1. The first kappa shape index (κ1) is 19.4. The quantitative estimate of drug-likeness (QED) is 0.380. The lowest BCUT2D eigenvalue weighted by Gasteiger charge is -2.14. The molecule has 0 saturated heterocycles. The van der Waals surface area contributed by atoms with E-state index in [-0.39, 0.29) is 22.1 Å². The standard InChI is InChI=1S/C19H14F3N3O2S/c20-19(21,22)13-6-3-7-14(10-13)23-18(28)25-24-17(27)15-8-11-4-1-2-5-12(11)9-16(15)26/h1-10,26H,(H,24,27)(H2,23,25,28). The molecule has 0 bridgehead atoms. The molecule has 3 aromatic rings. The normalized spacial score (nSPS) is 11.1. The van der Waals surface area contributed by atoms with Crippen molar-refractivity contribution in [1.29, 1.82) is 0 Å². The van der Waals surface area contributed by atoms with Gasteiger partial charge in [0, 0.05) is 5.69 Å². The molecule has 1 amide bonds. The number of nitrogens with one attached hydrogen (secondary N) is 3. The summed E-state index contributed by atoms with van der Waals surface area (Å²) in [6.07, 6.45) is -4.48. The average Bonchev–Trinajstić information content (AvgIpc) is 2.65. The van der Waals surface area contributed by atoms with Gasteiger partial charge in [-0.1, -0.05) is 30.3 Å². The van der Waals surface area contributed by atoms with Crippen molar-refractivity contribution in [2.75, 3.05) is 5.32 Å². The highest BCUT2D eigenvalue weighted by atomic mass is 32.1. The summed E-state index contributed by atoms with van der Waals surface area (Å²) in [7, 11) is 0. The number of alkyl halides is 3. The fraction of sp³-hybridized carbons (Fsp3) is 0.0526. The van der Waals surface area contributed by atoms with Crippen LogP contribution in [0.2, 0.25) is 0 Å². The molecule has 4 N–H and O–H groups in total. The van der Waals surface area contributed by atoms with E-state index >= 15 is 0 Å². The largest absolute Gasteiger partial charge is 0.507 e. The third-order valence-corrected chi connectivity index (χ3v) is 4.05. The molecule has 0 unspecified atom stereocenters. The third-order valence-electron chi connectivity index (χ3n) is 3.85. The number of fused-ring (bicyclic) bond motifs is 1. The first-order valence-electron chi connectivity index (χ1n) is 8.00. The number of thiocarbonyl (C=S) groups is 1. The highest BCUT2D eigenvalue weighted by molar-refractivity contribution is 7.80. The van der Waals surface area contributed by atoms with Gasteiger partial charge in [-0.25, -0.2) is 0 Å². The number of benzene rings is 3. The van der Waals surface area contributed by atoms with Gasteiger partial charge in [0.2, 0.25) is 0 Å². The van der Waals surface area contributed by atoms with Crippen molar-refractivity contribution in [3.63, 3.8) is 0 Å². The number of phenolic OH excluding ortho intramolecular Hbond substituents is 1. The van der Waals surface area contributed by atoms with Crippen LogP contribution in [0.25, 0.3) is 10.8 Å². The van der Waals surface area contributed by atoms with Crippen molar-refractivity contribution in [2.24, 2.45) is 0 Å². The molecule has 0 aliphatic heterocycles. The van der Waals surface area contributed by atoms with E-state index in [0.717, 1.165) is 22.9 Å². The molecule has 3 rings (SSSR count). The SMILES string of the molecule is O=C(NNC(=S)Nc1cccc(C(F)(F)F)c1)c1cc2ccccc2cc1O. The molecular formula is C19H14F3N3O2S. The molecule has 9 heteroatoms. The van der Waals surface area contributed by atoms with Gasteiger partial charge in [-0.05, 0) is 53.3 Å². The van der Waals surface area contributed by atoms with Gasteiger partial charge in [0.05, 0.1) is 11.1 Å². The van der Waals surface area contributed by atoms with Gasteiger partial charge in [-0.2, -0.15) is 13.2 Å². The summed E-state index contributed by atoms with van der Waals surface area (Å²) in [5.41, 5.74) is 3.99. The number of hydrogen-bond donors (Lipinski definition) is 4. The number of halogens is 3. The molecule has 0 heterocycles. The van der Waals surface area contributed by atoms with Crippen molar-refractivity contribution in [2.45, 2.75) is 6.18 Å². The van der Waals surface area contributed by atoms with E-state index in [4.69, 9.17) is 12.2 Å². The predicted molar refractivity (Wildman–Crippen MR) is 104 cm³/mol. The minimum Gasteiger partial charge on any atom is -0.507 e. The summed E-state index contributed by atoms with van der Waals surface area (Å²) < 4.78 is 38.2. The zero-order chi connectivity index (χ0) is 20.3. The summed E-state index contributed by atoms with van der Waals surface area (Å²) in [4.78, 5) is 12.3. The molecule has 0 saturated carbocycles. The van der Waals surface area contributed by atoms with Crippen LogP contribution in [-0.2, 0) is 6.18 Å². The lowest BCUT2D eigenvalue weighted by Crippen LogP contribution is -2.43. The van der Waals surface area contributed by atoms with Crippen LogP contribution in [0, 0.1) is 0 Å². The first-order chi connectivity index (χ1) is 13.2. The third kappa shape index (κ3) is 4.49. The van der Waals surface area contributed by atoms with E-state index in [9.17, 15) is 23.1 Å². The van der Waals surface area contributed by atoms with Crippen molar-refractivity contribution in [1.82, 2.24) is 10.9 Å². The van der Waals surface area contributed by atoms with E-state index in [2.05, 4.69) is 16.2 Å². The number of carbonyl (C=O) groups is 1. The predicted octanol–water partition coefficient (Wildman–Crippen LogP) is 4.20. The maximum atomic E-state index is 12.7. The van der Waals surface area contributed by atoms with E-state index < -0.39 is 17.6 Å². The molecule has 0 radical (unpaired) electrons. The Balaban J connectivity index is 1.65. The minimum absolute atomic E-state index is 0.0214. The number of anilines is 1. The van der Waals surface area contributed by atoms with Gasteiger partial charge in [0.25, 0.3) is 5.91 Å². The molecule has 28 heavy (non-hydrogen) atoms. The minimum atomic E-state index is -4.48. The molecule has 5 nitrogen and oxygen atoms in total. The van der Waals surface area contributed by atoms with Gasteiger partial charge < -0.3 is 10.4 Å².